The maximum Gasteiger partial charge on any atom is 0.135 e. The zero-order valence-electron chi connectivity index (χ0n) is 30.7. The molecule has 6 heterocycles. The van der Waals surface area contributed by atoms with Gasteiger partial charge in [-0.25, -0.2) is 0 Å². The number of para-hydroxylation sites is 1. The number of hydrogen-bond donors (Lipinski definition) is 0. The molecule has 0 saturated carbocycles. The Morgan fingerprint density at radius 2 is 1.21 bits per heavy atom. The molecule has 0 bridgehead atoms. The molecule has 12 rings (SSSR count). The van der Waals surface area contributed by atoms with Crippen molar-refractivity contribution in [2.75, 3.05) is 0 Å². The molecule has 6 heteroatoms. The van der Waals surface area contributed by atoms with Crippen LogP contribution in [0, 0.1) is 0 Å². The molecule has 0 aliphatic heterocycles. The molecular formula is C51H33N5O. The summed E-state index contributed by atoms with van der Waals surface area (Å²) in [6, 6.07) is 53.5. The van der Waals surface area contributed by atoms with Gasteiger partial charge in [-0.15, -0.1) is 0 Å². The van der Waals surface area contributed by atoms with E-state index in [1.54, 1.807) is 0 Å². The molecule has 268 valence electrons. The number of rotatable bonds is 5. The smallest absolute Gasteiger partial charge is 0.135 e. The van der Waals surface area contributed by atoms with Gasteiger partial charge in [0.2, 0.25) is 0 Å². The first-order chi connectivity index (χ1) is 28.3. The van der Waals surface area contributed by atoms with Crippen LogP contribution in [-0.4, -0.2) is 24.1 Å². The van der Waals surface area contributed by atoms with E-state index in [-0.39, 0.29) is 5.92 Å². The highest BCUT2D eigenvalue weighted by molar-refractivity contribution is 6.09. The van der Waals surface area contributed by atoms with Crippen molar-refractivity contribution >= 4 is 60.9 Å². The average molecular weight is 732 g/mol. The molecule has 0 fully saturated rings. The Morgan fingerprint density at radius 1 is 0.509 bits per heavy atom. The summed E-state index contributed by atoms with van der Waals surface area (Å²) in [5.41, 5.74) is 16.1. The van der Waals surface area contributed by atoms with E-state index < -0.39 is 0 Å². The van der Waals surface area contributed by atoms with E-state index in [1.165, 1.54) is 5.56 Å². The molecular weight excluding hydrogens is 699 g/mol. The zero-order valence-corrected chi connectivity index (χ0v) is 30.7. The van der Waals surface area contributed by atoms with E-state index in [0.29, 0.717) is 0 Å². The first-order valence-electron chi connectivity index (χ1n) is 19.4. The molecule has 0 amide bonds. The first-order valence-corrected chi connectivity index (χ1v) is 19.4. The minimum absolute atomic E-state index is 0.0777. The van der Waals surface area contributed by atoms with Gasteiger partial charge in [0.15, 0.2) is 0 Å². The fraction of sp³-hybridized carbons (Fsp3) is 0.0392. The van der Waals surface area contributed by atoms with Crippen molar-refractivity contribution in [1.29, 1.82) is 0 Å². The minimum atomic E-state index is 0.0777. The molecule has 5 aromatic carbocycles. The number of fused-ring (bicyclic) bond motifs is 9. The molecule has 57 heavy (non-hydrogen) atoms. The van der Waals surface area contributed by atoms with Crippen LogP contribution in [0.1, 0.15) is 29.2 Å². The van der Waals surface area contributed by atoms with E-state index in [0.717, 1.165) is 106 Å². The molecule has 0 saturated heterocycles. The normalized spacial score (nSPS) is 14.0. The van der Waals surface area contributed by atoms with Crippen LogP contribution in [-0.2, 0) is 0 Å². The molecule has 1 atom stereocenters. The molecule has 0 radical (unpaired) electrons. The predicted molar refractivity (Wildman–Crippen MR) is 231 cm³/mol. The standard InChI is InChI=1S/C51H33N5O/c1-2-11-34(12-3-1)55-44-24-21-33(30-42(44)49-46(55)18-9-27-53-49)37-15-8-16-39-40-31-35(22-25-48(40)57-51(37)39)56-45-23-20-32(29-41(45)50-47(56)19-10-28-54-50)36-13-4-5-14-38(36)43-17-6-7-26-52-43/h1-14,16-31,37H,15H2. The monoisotopic (exact) mass is 731 g/mol. The Hall–Kier alpha value is -7.57. The summed E-state index contributed by atoms with van der Waals surface area (Å²) in [4.78, 5) is 14.5. The Balaban J connectivity index is 0.977. The van der Waals surface area contributed by atoms with Gasteiger partial charge < -0.3 is 13.6 Å². The fourth-order valence-corrected chi connectivity index (χ4v) is 9.10. The number of pyridine rings is 3. The van der Waals surface area contributed by atoms with Gasteiger partial charge in [0.25, 0.3) is 0 Å². The second-order valence-electron chi connectivity index (χ2n) is 14.8. The highest BCUT2D eigenvalue weighted by atomic mass is 16.3. The number of benzene rings is 5. The van der Waals surface area contributed by atoms with Crippen LogP contribution in [0.25, 0.3) is 94.7 Å². The lowest BCUT2D eigenvalue weighted by Gasteiger charge is -2.18. The van der Waals surface area contributed by atoms with Crippen LogP contribution in [0.15, 0.2) is 181 Å². The minimum Gasteiger partial charge on any atom is -0.460 e. The van der Waals surface area contributed by atoms with Gasteiger partial charge in [0, 0.05) is 63.2 Å². The number of allylic oxidation sites excluding steroid dienone is 1. The van der Waals surface area contributed by atoms with Crippen LogP contribution in [0.2, 0.25) is 0 Å². The Labute approximate surface area is 327 Å². The molecule has 1 unspecified atom stereocenters. The Kier molecular flexibility index (Phi) is 6.95. The summed E-state index contributed by atoms with van der Waals surface area (Å²) in [6.45, 7) is 0. The summed E-state index contributed by atoms with van der Waals surface area (Å²) in [7, 11) is 0. The fourth-order valence-electron chi connectivity index (χ4n) is 9.10. The quantitative estimate of drug-likeness (QED) is 0.177. The summed E-state index contributed by atoms with van der Waals surface area (Å²) >= 11 is 0. The van der Waals surface area contributed by atoms with Gasteiger partial charge in [0.1, 0.15) is 11.3 Å². The van der Waals surface area contributed by atoms with Crippen LogP contribution >= 0.6 is 0 Å². The highest BCUT2D eigenvalue weighted by Gasteiger charge is 2.27. The third-order valence-corrected chi connectivity index (χ3v) is 11.6. The largest absolute Gasteiger partial charge is 0.460 e. The predicted octanol–water partition coefficient (Wildman–Crippen LogP) is 12.7. The topological polar surface area (TPSA) is 61.7 Å². The summed E-state index contributed by atoms with van der Waals surface area (Å²) < 4.78 is 11.4. The van der Waals surface area contributed by atoms with Crippen LogP contribution < -0.4 is 0 Å². The van der Waals surface area contributed by atoms with E-state index in [1.807, 2.05) is 42.9 Å². The molecule has 6 aromatic heterocycles. The second kappa shape index (κ2) is 12.5. The zero-order chi connectivity index (χ0) is 37.5. The van der Waals surface area contributed by atoms with E-state index in [9.17, 15) is 0 Å². The maximum atomic E-state index is 6.79. The van der Waals surface area contributed by atoms with Gasteiger partial charge in [0.05, 0.1) is 38.8 Å². The van der Waals surface area contributed by atoms with Crippen molar-refractivity contribution in [1.82, 2.24) is 24.1 Å². The van der Waals surface area contributed by atoms with E-state index >= 15 is 0 Å². The highest BCUT2D eigenvalue weighted by Crippen LogP contribution is 2.44. The first kappa shape index (κ1) is 31.7. The van der Waals surface area contributed by atoms with Crippen molar-refractivity contribution in [3.63, 3.8) is 0 Å². The third kappa shape index (κ3) is 4.87. The molecule has 6 nitrogen and oxygen atoms in total. The third-order valence-electron chi connectivity index (χ3n) is 11.6. The molecule has 1 aliphatic carbocycles. The van der Waals surface area contributed by atoms with Crippen molar-refractivity contribution in [3.8, 4) is 33.8 Å². The van der Waals surface area contributed by atoms with Gasteiger partial charge >= 0.3 is 0 Å². The number of nitrogens with zero attached hydrogens (tertiary/aromatic N) is 5. The van der Waals surface area contributed by atoms with Crippen LogP contribution in [0.3, 0.4) is 0 Å². The second-order valence-corrected chi connectivity index (χ2v) is 14.8. The average Bonchev–Trinajstić information content (AvgIpc) is 3.94. The van der Waals surface area contributed by atoms with Crippen molar-refractivity contribution < 1.29 is 4.42 Å². The molecule has 11 aromatic rings. The van der Waals surface area contributed by atoms with Gasteiger partial charge in [-0.2, -0.15) is 0 Å². The van der Waals surface area contributed by atoms with Crippen LogP contribution in [0.5, 0.6) is 0 Å². The number of hydrogen-bond acceptors (Lipinski definition) is 4. The summed E-state index contributed by atoms with van der Waals surface area (Å²) in [5.74, 6) is 1.08. The molecule has 0 N–H and O–H groups in total. The molecule has 0 spiro atoms. The van der Waals surface area contributed by atoms with E-state index in [4.69, 9.17) is 14.4 Å². The SMILES string of the molecule is C1=Cc2c(oc3ccc(-n4c5ccc(-c6ccccc6-c6ccccn6)cc5c5ncccc54)cc23)C(c2ccc3c(c2)c2ncccc2n3-c2ccccc2)C1. The van der Waals surface area contributed by atoms with Gasteiger partial charge in [-0.05, 0) is 114 Å². The van der Waals surface area contributed by atoms with E-state index in [2.05, 4.69) is 154 Å². The van der Waals surface area contributed by atoms with Crippen molar-refractivity contribution in [2.24, 2.45) is 0 Å². The van der Waals surface area contributed by atoms with Gasteiger partial charge in [-0.1, -0.05) is 72.8 Å². The van der Waals surface area contributed by atoms with Crippen molar-refractivity contribution in [2.45, 2.75) is 12.3 Å². The molecule has 1 aliphatic rings. The lowest BCUT2D eigenvalue weighted by molar-refractivity contribution is 0.517. The summed E-state index contributed by atoms with van der Waals surface area (Å²) in [5, 5.41) is 3.35. The maximum absolute atomic E-state index is 6.79. The Morgan fingerprint density at radius 3 is 2.00 bits per heavy atom. The number of aromatic nitrogens is 5. The lowest BCUT2D eigenvalue weighted by atomic mass is 9.86. The lowest BCUT2D eigenvalue weighted by Crippen LogP contribution is -2.03. The van der Waals surface area contributed by atoms with Gasteiger partial charge in [-0.3, -0.25) is 15.0 Å². The number of furan rings is 1. The van der Waals surface area contributed by atoms with Crippen molar-refractivity contribution in [3.05, 3.63) is 193 Å². The van der Waals surface area contributed by atoms with Crippen LogP contribution in [0.4, 0.5) is 0 Å². The Bertz CT molecular complexity index is 3390. The summed E-state index contributed by atoms with van der Waals surface area (Å²) in [6.07, 6.45) is 11.0.